The molecular weight excluding hydrogens is 322 g/mol. The number of aryl methyl sites for hydroxylation is 1. The highest BCUT2D eigenvalue weighted by atomic mass is 32.1. The van der Waals surface area contributed by atoms with Crippen LogP contribution in [0.15, 0.2) is 54.2 Å². The number of hydrogen-bond acceptors (Lipinski definition) is 5. The fourth-order valence-corrected chi connectivity index (χ4v) is 3.14. The first-order valence-electron chi connectivity index (χ1n) is 7.34. The van der Waals surface area contributed by atoms with E-state index in [0.29, 0.717) is 16.3 Å². The van der Waals surface area contributed by atoms with Crippen LogP contribution in [-0.2, 0) is 0 Å². The molecule has 0 unspecified atom stereocenters. The number of hydrogen-bond donors (Lipinski definition) is 1. The van der Waals surface area contributed by atoms with E-state index >= 15 is 0 Å². The zero-order valence-electron chi connectivity index (χ0n) is 12.8. The molecule has 0 spiro atoms. The Morgan fingerprint density at radius 3 is 2.79 bits per heavy atom. The number of thiazole rings is 1. The normalized spacial score (nSPS) is 10.9. The van der Waals surface area contributed by atoms with E-state index in [0.717, 1.165) is 17.0 Å². The second-order valence-corrected chi connectivity index (χ2v) is 6.10. The summed E-state index contributed by atoms with van der Waals surface area (Å²) in [4.78, 5) is 21.1. The van der Waals surface area contributed by atoms with Crippen molar-refractivity contribution in [2.45, 2.75) is 6.92 Å². The third-order valence-corrected chi connectivity index (χ3v) is 4.43. The van der Waals surface area contributed by atoms with E-state index in [1.807, 2.05) is 48.7 Å². The fraction of sp³-hybridized carbons (Fsp3) is 0.0588. The molecule has 0 atom stereocenters. The van der Waals surface area contributed by atoms with E-state index in [1.165, 1.54) is 17.5 Å². The smallest absolute Gasteiger partial charge is 0.262 e. The summed E-state index contributed by atoms with van der Waals surface area (Å²) in [6.45, 7) is 1.88. The molecule has 0 aliphatic rings. The monoisotopic (exact) mass is 335 g/mol. The summed E-state index contributed by atoms with van der Waals surface area (Å²) in [5.74, 6) is -0.267. The minimum absolute atomic E-state index is 0.267. The molecule has 4 rings (SSSR count). The quantitative estimate of drug-likeness (QED) is 0.623. The summed E-state index contributed by atoms with van der Waals surface area (Å²) in [7, 11) is 0. The summed E-state index contributed by atoms with van der Waals surface area (Å²) in [6.07, 6.45) is 3.22. The van der Waals surface area contributed by atoms with Gasteiger partial charge in [0, 0.05) is 17.1 Å². The highest BCUT2D eigenvalue weighted by Crippen LogP contribution is 2.22. The third-order valence-electron chi connectivity index (χ3n) is 3.55. The molecular formula is C17H13N5OS. The highest BCUT2D eigenvalue weighted by molar-refractivity contribution is 7.13. The van der Waals surface area contributed by atoms with Crippen LogP contribution in [0.2, 0.25) is 0 Å². The zero-order chi connectivity index (χ0) is 16.5. The molecule has 1 amide bonds. The van der Waals surface area contributed by atoms with Gasteiger partial charge >= 0.3 is 0 Å². The Bertz CT molecular complexity index is 1020. The Labute approximate surface area is 141 Å². The first-order chi connectivity index (χ1) is 11.7. The van der Waals surface area contributed by atoms with Gasteiger partial charge < -0.3 is 0 Å². The third kappa shape index (κ3) is 2.55. The van der Waals surface area contributed by atoms with Gasteiger partial charge in [0.05, 0.1) is 17.6 Å². The predicted octanol–water partition coefficient (Wildman–Crippen LogP) is 3.41. The molecule has 0 fully saturated rings. The molecule has 3 heterocycles. The molecule has 0 bridgehead atoms. The van der Waals surface area contributed by atoms with Gasteiger partial charge in [-0.25, -0.2) is 14.5 Å². The summed E-state index contributed by atoms with van der Waals surface area (Å²) in [5, 5.41) is 9.58. The number of fused-ring (bicyclic) bond motifs is 1. The van der Waals surface area contributed by atoms with Gasteiger partial charge in [-0.2, -0.15) is 5.10 Å². The molecule has 0 aliphatic heterocycles. The minimum Gasteiger partial charge on any atom is -0.298 e. The van der Waals surface area contributed by atoms with Crippen LogP contribution in [0.5, 0.6) is 0 Å². The van der Waals surface area contributed by atoms with Crippen LogP contribution in [0.25, 0.3) is 16.9 Å². The maximum Gasteiger partial charge on any atom is 0.262 e. The maximum atomic E-state index is 12.5. The molecule has 6 nitrogen and oxygen atoms in total. The average Bonchev–Trinajstić information content (AvgIpc) is 3.21. The largest absolute Gasteiger partial charge is 0.298 e. The lowest BCUT2D eigenvalue weighted by molar-refractivity contribution is 0.102. The van der Waals surface area contributed by atoms with Gasteiger partial charge in [0.2, 0.25) is 0 Å². The van der Waals surface area contributed by atoms with E-state index in [4.69, 9.17) is 0 Å². The number of carbonyl (C=O) groups is 1. The SMILES string of the molecule is Cc1csc(NC(=O)c2cnn3c(-c4ccccc4)ccnc23)n1. The van der Waals surface area contributed by atoms with E-state index in [-0.39, 0.29) is 5.91 Å². The van der Waals surface area contributed by atoms with Crippen LogP contribution in [0, 0.1) is 6.92 Å². The molecule has 0 aliphatic carbocycles. The Hall–Kier alpha value is -3.06. The lowest BCUT2D eigenvalue weighted by Gasteiger charge is -2.04. The van der Waals surface area contributed by atoms with Gasteiger partial charge in [-0.1, -0.05) is 30.3 Å². The molecule has 0 saturated heterocycles. The summed E-state index contributed by atoms with van der Waals surface area (Å²) in [5.41, 5.74) is 3.70. The van der Waals surface area contributed by atoms with Crippen molar-refractivity contribution in [1.82, 2.24) is 19.6 Å². The number of nitrogens with one attached hydrogen (secondary N) is 1. The molecule has 7 heteroatoms. The molecule has 4 aromatic rings. The number of amides is 1. The van der Waals surface area contributed by atoms with Crippen LogP contribution < -0.4 is 5.32 Å². The molecule has 3 aromatic heterocycles. The van der Waals surface area contributed by atoms with Crippen molar-refractivity contribution in [3.05, 3.63) is 65.4 Å². The number of rotatable bonds is 3. The van der Waals surface area contributed by atoms with Crippen molar-refractivity contribution in [2.75, 3.05) is 5.32 Å². The molecule has 0 saturated carbocycles. The minimum atomic E-state index is -0.267. The summed E-state index contributed by atoms with van der Waals surface area (Å²) in [6, 6.07) is 11.7. The van der Waals surface area contributed by atoms with Gasteiger partial charge in [0.1, 0.15) is 5.56 Å². The number of carbonyl (C=O) groups excluding carboxylic acids is 1. The Morgan fingerprint density at radius 2 is 2.04 bits per heavy atom. The first-order valence-corrected chi connectivity index (χ1v) is 8.22. The first kappa shape index (κ1) is 14.5. The standard InChI is InChI=1S/C17H13N5OS/c1-11-10-24-17(20-11)21-16(23)13-9-19-22-14(7-8-18-15(13)22)12-5-3-2-4-6-12/h2-10H,1H3,(H,20,21,23). The van der Waals surface area contributed by atoms with Crippen molar-refractivity contribution in [3.8, 4) is 11.3 Å². The van der Waals surface area contributed by atoms with Crippen molar-refractivity contribution in [2.24, 2.45) is 0 Å². The Kier molecular flexibility index (Phi) is 3.55. The van der Waals surface area contributed by atoms with E-state index in [9.17, 15) is 4.79 Å². The molecule has 1 aromatic carbocycles. The van der Waals surface area contributed by atoms with Crippen LogP contribution >= 0.6 is 11.3 Å². The van der Waals surface area contributed by atoms with Crippen LogP contribution in [0.4, 0.5) is 5.13 Å². The average molecular weight is 335 g/mol. The second kappa shape index (κ2) is 5.86. The van der Waals surface area contributed by atoms with Crippen molar-refractivity contribution in [3.63, 3.8) is 0 Å². The van der Waals surface area contributed by atoms with Crippen molar-refractivity contribution < 1.29 is 4.79 Å². The van der Waals surface area contributed by atoms with Gasteiger partial charge in [-0.3, -0.25) is 10.1 Å². The van der Waals surface area contributed by atoms with Gasteiger partial charge in [0.25, 0.3) is 5.91 Å². The van der Waals surface area contributed by atoms with Gasteiger partial charge in [-0.05, 0) is 13.0 Å². The molecule has 118 valence electrons. The van der Waals surface area contributed by atoms with Gasteiger partial charge in [0.15, 0.2) is 10.8 Å². The number of aromatic nitrogens is 4. The maximum absolute atomic E-state index is 12.5. The second-order valence-electron chi connectivity index (χ2n) is 5.24. The van der Waals surface area contributed by atoms with E-state index < -0.39 is 0 Å². The predicted molar refractivity (Wildman–Crippen MR) is 93.2 cm³/mol. The molecule has 1 N–H and O–H groups in total. The number of nitrogens with zero attached hydrogens (tertiary/aromatic N) is 4. The lowest BCUT2D eigenvalue weighted by atomic mass is 10.1. The summed E-state index contributed by atoms with van der Waals surface area (Å²) < 4.78 is 1.68. The Balaban J connectivity index is 1.74. The Morgan fingerprint density at radius 1 is 1.21 bits per heavy atom. The van der Waals surface area contributed by atoms with Crippen molar-refractivity contribution in [1.29, 1.82) is 0 Å². The van der Waals surface area contributed by atoms with Crippen LogP contribution in [-0.4, -0.2) is 25.5 Å². The summed E-state index contributed by atoms with van der Waals surface area (Å²) >= 11 is 1.39. The van der Waals surface area contributed by atoms with Crippen molar-refractivity contribution >= 4 is 28.0 Å². The molecule has 0 radical (unpaired) electrons. The van der Waals surface area contributed by atoms with Crippen LogP contribution in [0.1, 0.15) is 16.1 Å². The van der Waals surface area contributed by atoms with E-state index in [2.05, 4.69) is 20.4 Å². The zero-order valence-corrected chi connectivity index (χ0v) is 13.6. The number of benzene rings is 1. The van der Waals surface area contributed by atoms with Gasteiger partial charge in [-0.15, -0.1) is 11.3 Å². The fourth-order valence-electron chi connectivity index (χ4n) is 2.46. The topological polar surface area (TPSA) is 72.2 Å². The van der Waals surface area contributed by atoms with E-state index in [1.54, 1.807) is 10.7 Å². The van der Waals surface area contributed by atoms with Crippen LogP contribution in [0.3, 0.4) is 0 Å². The molecule has 24 heavy (non-hydrogen) atoms. The number of anilines is 1. The highest BCUT2D eigenvalue weighted by Gasteiger charge is 2.17. The lowest BCUT2D eigenvalue weighted by Crippen LogP contribution is -2.12.